The van der Waals surface area contributed by atoms with Crippen molar-refractivity contribution in [3.63, 3.8) is 0 Å². The number of methoxy groups -OCH3 is 3. The molecule has 3 aromatic rings. The summed E-state index contributed by atoms with van der Waals surface area (Å²) >= 11 is 0. The Labute approximate surface area is 177 Å². The normalized spacial score (nSPS) is 15.0. The predicted octanol–water partition coefficient (Wildman–Crippen LogP) is 2.02. The van der Waals surface area contributed by atoms with Crippen LogP contribution in [0.25, 0.3) is 0 Å². The molecule has 2 heterocycles. The lowest BCUT2D eigenvalue weighted by molar-refractivity contribution is -0.136. The van der Waals surface area contributed by atoms with Gasteiger partial charge in [-0.1, -0.05) is 29.4 Å². The Hall–Kier alpha value is -4.21. The number of ether oxygens (including phenoxy) is 3. The van der Waals surface area contributed by atoms with E-state index in [2.05, 4.69) is 20.8 Å². The number of carbonyl (C=O) groups is 2. The fourth-order valence-electron chi connectivity index (χ4n) is 3.43. The summed E-state index contributed by atoms with van der Waals surface area (Å²) in [5.74, 6) is 0.180. The number of nitrogens with one attached hydrogen (secondary N) is 1. The maximum Gasteiger partial charge on any atom is 0.355 e. The smallest absolute Gasteiger partial charge is 0.355 e. The lowest BCUT2D eigenvalue weighted by Gasteiger charge is -2.28. The Morgan fingerprint density at radius 2 is 1.71 bits per heavy atom. The zero-order valence-electron chi connectivity index (χ0n) is 17.0. The SMILES string of the molecule is COC(=O)C1=C(C(=O)c2cccc(OC)c2)[C@H](c2cccc(OC)c2)n2nnnc2N1. The van der Waals surface area contributed by atoms with Crippen LogP contribution in [0.15, 0.2) is 59.8 Å². The average molecular weight is 421 g/mol. The number of fused-ring (bicyclic) bond motifs is 1. The highest BCUT2D eigenvalue weighted by Crippen LogP contribution is 2.37. The maximum atomic E-state index is 13.7. The molecule has 158 valence electrons. The molecule has 0 fully saturated rings. The molecule has 1 atom stereocenters. The van der Waals surface area contributed by atoms with Crippen LogP contribution in [0, 0.1) is 0 Å². The van der Waals surface area contributed by atoms with Crippen LogP contribution in [0.5, 0.6) is 11.5 Å². The van der Waals surface area contributed by atoms with Crippen LogP contribution in [0.2, 0.25) is 0 Å². The third-order valence-electron chi connectivity index (χ3n) is 4.89. The summed E-state index contributed by atoms with van der Waals surface area (Å²) in [7, 11) is 4.29. The standard InChI is InChI=1S/C21H19N5O5/c1-29-14-8-4-6-12(10-14)18-16(19(27)13-7-5-9-15(11-13)30-2)17(20(28)31-3)22-21-23-24-25-26(18)21/h4-11,18H,1-3H3,(H,22,23,25)/t18-/m0/s1. The molecule has 31 heavy (non-hydrogen) atoms. The first-order valence-electron chi connectivity index (χ1n) is 9.27. The molecule has 1 aromatic heterocycles. The molecule has 0 bridgehead atoms. The van der Waals surface area contributed by atoms with E-state index in [4.69, 9.17) is 14.2 Å². The van der Waals surface area contributed by atoms with Gasteiger partial charge in [-0.25, -0.2) is 4.79 Å². The monoisotopic (exact) mass is 421 g/mol. The fourth-order valence-corrected chi connectivity index (χ4v) is 3.43. The van der Waals surface area contributed by atoms with Crippen LogP contribution in [0.3, 0.4) is 0 Å². The van der Waals surface area contributed by atoms with E-state index in [0.717, 1.165) is 0 Å². The maximum absolute atomic E-state index is 13.7. The Balaban J connectivity index is 1.95. The summed E-state index contributed by atoms with van der Waals surface area (Å²) in [5.41, 5.74) is 1.09. The van der Waals surface area contributed by atoms with Crippen molar-refractivity contribution in [1.29, 1.82) is 0 Å². The molecule has 1 aliphatic rings. The number of anilines is 1. The van der Waals surface area contributed by atoms with Crippen molar-refractivity contribution in [3.05, 3.63) is 70.9 Å². The van der Waals surface area contributed by atoms with Gasteiger partial charge < -0.3 is 19.5 Å². The summed E-state index contributed by atoms with van der Waals surface area (Å²) in [5, 5.41) is 14.5. The van der Waals surface area contributed by atoms with E-state index in [1.165, 1.54) is 18.9 Å². The number of tetrazole rings is 1. The molecule has 1 N–H and O–H groups in total. The topological polar surface area (TPSA) is 117 Å². The highest BCUT2D eigenvalue weighted by atomic mass is 16.5. The lowest BCUT2D eigenvalue weighted by Crippen LogP contribution is -2.33. The molecule has 0 radical (unpaired) electrons. The van der Waals surface area contributed by atoms with Crippen LogP contribution < -0.4 is 14.8 Å². The molecule has 0 unspecified atom stereocenters. The van der Waals surface area contributed by atoms with E-state index >= 15 is 0 Å². The number of hydrogen-bond acceptors (Lipinski definition) is 9. The van der Waals surface area contributed by atoms with Gasteiger partial charge in [0.15, 0.2) is 5.78 Å². The van der Waals surface area contributed by atoms with Crippen molar-refractivity contribution < 1.29 is 23.8 Å². The number of aromatic nitrogens is 4. The molecule has 0 spiro atoms. The largest absolute Gasteiger partial charge is 0.497 e. The van der Waals surface area contributed by atoms with Gasteiger partial charge in [0.25, 0.3) is 0 Å². The number of allylic oxidation sites excluding steroid dienone is 1. The van der Waals surface area contributed by atoms with Crippen molar-refractivity contribution in [2.45, 2.75) is 6.04 Å². The van der Waals surface area contributed by atoms with E-state index in [0.29, 0.717) is 22.6 Å². The number of hydrogen-bond donors (Lipinski definition) is 1. The average Bonchev–Trinajstić information content (AvgIpc) is 3.30. The number of Topliss-reactive ketones (excluding diaryl/α,β-unsaturated/α-hetero) is 1. The van der Waals surface area contributed by atoms with Gasteiger partial charge in [-0.05, 0) is 40.3 Å². The highest BCUT2D eigenvalue weighted by Gasteiger charge is 2.38. The van der Waals surface area contributed by atoms with Crippen LogP contribution in [0.1, 0.15) is 22.0 Å². The second kappa shape index (κ2) is 8.27. The Morgan fingerprint density at radius 3 is 2.42 bits per heavy atom. The minimum Gasteiger partial charge on any atom is -0.497 e. The molecule has 0 amide bonds. The summed E-state index contributed by atoms with van der Waals surface area (Å²) in [6.45, 7) is 0. The molecule has 0 aliphatic carbocycles. The zero-order valence-corrected chi connectivity index (χ0v) is 17.0. The van der Waals surface area contributed by atoms with E-state index in [-0.39, 0.29) is 17.2 Å². The van der Waals surface area contributed by atoms with Gasteiger partial charge >= 0.3 is 5.97 Å². The molecule has 10 nitrogen and oxygen atoms in total. The Bertz CT molecular complexity index is 1190. The molecular formula is C21H19N5O5. The highest BCUT2D eigenvalue weighted by molar-refractivity contribution is 6.15. The summed E-state index contributed by atoms with van der Waals surface area (Å²) in [4.78, 5) is 26.3. The molecular weight excluding hydrogens is 402 g/mol. The third-order valence-corrected chi connectivity index (χ3v) is 4.89. The van der Waals surface area contributed by atoms with Crippen molar-refractivity contribution in [3.8, 4) is 11.5 Å². The van der Waals surface area contributed by atoms with Crippen LogP contribution in [-0.4, -0.2) is 53.3 Å². The molecule has 1 aliphatic heterocycles. The Kier molecular flexibility index (Phi) is 5.35. The van der Waals surface area contributed by atoms with Gasteiger partial charge in [0.1, 0.15) is 23.2 Å². The predicted molar refractivity (Wildman–Crippen MR) is 109 cm³/mol. The second-order valence-electron chi connectivity index (χ2n) is 6.59. The van der Waals surface area contributed by atoms with Crippen molar-refractivity contribution in [1.82, 2.24) is 20.2 Å². The van der Waals surface area contributed by atoms with Gasteiger partial charge in [-0.2, -0.15) is 4.68 Å². The lowest BCUT2D eigenvalue weighted by atomic mass is 9.89. The minimum absolute atomic E-state index is 0.0366. The van der Waals surface area contributed by atoms with E-state index in [1.54, 1.807) is 55.6 Å². The molecule has 2 aromatic carbocycles. The van der Waals surface area contributed by atoms with Gasteiger partial charge in [0.05, 0.1) is 26.9 Å². The van der Waals surface area contributed by atoms with E-state index in [1.807, 2.05) is 0 Å². The van der Waals surface area contributed by atoms with Crippen LogP contribution >= 0.6 is 0 Å². The first kappa shape index (κ1) is 20.1. The second-order valence-corrected chi connectivity index (χ2v) is 6.59. The number of benzene rings is 2. The molecule has 0 saturated heterocycles. The molecule has 4 rings (SSSR count). The van der Waals surface area contributed by atoms with Gasteiger partial charge in [0.2, 0.25) is 5.95 Å². The third kappa shape index (κ3) is 3.59. The molecule has 0 saturated carbocycles. The summed E-state index contributed by atoms with van der Waals surface area (Å²) < 4.78 is 17.0. The first-order chi connectivity index (χ1) is 15.1. The number of rotatable bonds is 6. The van der Waals surface area contributed by atoms with Crippen molar-refractivity contribution >= 4 is 17.7 Å². The van der Waals surface area contributed by atoms with E-state index < -0.39 is 17.8 Å². The fraction of sp³-hybridized carbons (Fsp3) is 0.190. The zero-order chi connectivity index (χ0) is 22.0. The van der Waals surface area contributed by atoms with Crippen LogP contribution in [-0.2, 0) is 9.53 Å². The first-order valence-corrected chi connectivity index (χ1v) is 9.27. The summed E-state index contributed by atoms with van der Waals surface area (Å²) in [6.07, 6.45) is 0. The number of esters is 1. The number of ketones is 1. The summed E-state index contributed by atoms with van der Waals surface area (Å²) in [6, 6.07) is 13.0. The molecule has 10 heteroatoms. The van der Waals surface area contributed by atoms with Crippen molar-refractivity contribution in [2.24, 2.45) is 0 Å². The number of nitrogens with zero attached hydrogens (tertiary/aromatic N) is 4. The van der Waals surface area contributed by atoms with E-state index in [9.17, 15) is 9.59 Å². The van der Waals surface area contributed by atoms with Crippen molar-refractivity contribution in [2.75, 3.05) is 26.6 Å². The van der Waals surface area contributed by atoms with Crippen LogP contribution in [0.4, 0.5) is 5.95 Å². The number of carbonyl (C=O) groups excluding carboxylic acids is 2. The van der Waals surface area contributed by atoms with Gasteiger partial charge in [-0.3, -0.25) is 4.79 Å². The quantitative estimate of drug-likeness (QED) is 0.471. The van der Waals surface area contributed by atoms with Gasteiger partial charge in [-0.15, -0.1) is 0 Å². The minimum atomic E-state index is -0.797. The Morgan fingerprint density at radius 1 is 1.00 bits per heavy atom. The van der Waals surface area contributed by atoms with Gasteiger partial charge in [0, 0.05) is 5.56 Å².